The van der Waals surface area contributed by atoms with Gasteiger partial charge in [0, 0.05) is 29.9 Å². The smallest absolute Gasteiger partial charge is 0.256 e. The second kappa shape index (κ2) is 5.45. The summed E-state index contributed by atoms with van der Waals surface area (Å²) < 4.78 is 15.0. The van der Waals surface area contributed by atoms with Crippen LogP contribution in [0.25, 0.3) is 33.2 Å². The SMILES string of the molecule is Cn1cc(-c2ccc(-c3cc4ccc(F)cc4c(=O)[nH]3)cc2)cn1. The molecule has 0 saturated heterocycles. The van der Waals surface area contributed by atoms with Crippen LogP contribution in [0.3, 0.4) is 0 Å². The van der Waals surface area contributed by atoms with Crippen molar-refractivity contribution in [1.82, 2.24) is 14.8 Å². The van der Waals surface area contributed by atoms with Crippen LogP contribution in [0, 0.1) is 5.82 Å². The van der Waals surface area contributed by atoms with Gasteiger partial charge in [-0.3, -0.25) is 9.48 Å². The van der Waals surface area contributed by atoms with Crippen molar-refractivity contribution >= 4 is 10.8 Å². The molecule has 2 aromatic carbocycles. The number of hydrogen-bond acceptors (Lipinski definition) is 2. The van der Waals surface area contributed by atoms with Crippen LogP contribution in [0.2, 0.25) is 0 Å². The van der Waals surface area contributed by atoms with Gasteiger partial charge in [0.25, 0.3) is 5.56 Å². The Morgan fingerprint density at radius 1 is 1.00 bits per heavy atom. The molecule has 4 nitrogen and oxygen atoms in total. The highest BCUT2D eigenvalue weighted by molar-refractivity contribution is 5.85. The maximum Gasteiger partial charge on any atom is 0.256 e. The Bertz CT molecular complexity index is 1090. The summed E-state index contributed by atoms with van der Waals surface area (Å²) >= 11 is 0. The predicted octanol–water partition coefficient (Wildman–Crippen LogP) is 3.73. The van der Waals surface area contributed by atoms with Crippen LogP contribution in [-0.2, 0) is 7.05 Å². The monoisotopic (exact) mass is 319 g/mol. The van der Waals surface area contributed by atoms with Gasteiger partial charge < -0.3 is 4.98 Å². The summed E-state index contributed by atoms with van der Waals surface area (Å²) in [4.78, 5) is 15.0. The van der Waals surface area contributed by atoms with Crippen molar-refractivity contribution in [3.05, 3.63) is 77.1 Å². The highest BCUT2D eigenvalue weighted by atomic mass is 19.1. The number of benzene rings is 2. The molecule has 0 spiro atoms. The van der Waals surface area contributed by atoms with Gasteiger partial charge in [-0.1, -0.05) is 30.3 Å². The summed E-state index contributed by atoms with van der Waals surface area (Å²) in [6.07, 6.45) is 3.75. The summed E-state index contributed by atoms with van der Waals surface area (Å²) in [7, 11) is 1.88. The number of nitrogens with one attached hydrogen (secondary N) is 1. The average Bonchev–Trinajstić information content (AvgIpc) is 3.02. The van der Waals surface area contributed by atoms with Gasteiger partial charge in [-0.25, -0.2) is 4.39 Å². The van der Waals surface area contributed by atoms with E-state index in [2.05, 4.69) is 10.1 Å². The van der Waals surface area contributed by atoms with Gasteiger partial charge in [0.1, 0.15) is 5.82 Å². The largest absolute Gasteiger partial charge is 0.321 e. The van der Waals surface area contributed by atoms with Crippen molar-refractivity contribution in [3.63, 3.8) is 0 Å². The van der Waals surface area contributed by atoms with E-state index in [1.54, 1.807) is 16.9 Å². The summed E-state index contributed by atoms with van der Waals surface area (Å²) in [5, 5.41) is 5.23. The van der Waals surface area contributed by atoms with E-state index in [1.807, 2.05) is 43.6 Å². The molecule has 0 unspecified atom stereocenters. The number of fused-ring (bicyclic) bond motifs is 1. The van der Waals surface area contributed by atoms with Crippen molar-refractivity contribution in [2.75, 3.05) is 0 Å². The third kappa shape index (κ3) is 2.50. The van der Waals surface area contributed by atoms with E-state index in [0.717, 1.165) is 16.7 Å². The van der Waals surface area contributed by atoms with E-state index < -0.39 is 5.82 Å². The number of aromatic nitrogens is 3. The lowest BCUT2D eigenvalue weighted by Crippen LogP contribution is -2.07. The first-order valence-corrected chi connectivity index (χ1v) is 7.52. The quantitative estimate of drug-likeness (QED) is 0.612. The average molecular weight is 319 g/mol. The summed E-state index contributed by atoms with van der Waals surface area (Å²) in [5.41, 5.74) is 3.39. The number of pyridine rings is 1. The van der Waals surface area contributed by atoms with E-state index in [1.165, 1.54) is 12.1 Å². The second-order valence-corrected chi connectivity index (χ2v) is 5.72. The summed E-state index contributed by atoms with van der Waals surface area (Å²) in [6.45, 7) is 0. The second-order valence-electron chi connectivity index (χ2n) is 5.72. The fourth-order valence-corrected chi connectivity index (χ4v) is 2.80. The Labute approximate surface area is 137 Å². The maximum absolute atomic E-state index is 13.3. The minimum Gasteiger partial charge on any atom is -0.321 e. The van der Waals surface area contributed by atoms with Crippen molar-refractivity contribution < 1.29 is 4.39 Å². The van der Waals surface area contributed by atoms with Crippen LogP contribution in [-0.4, -0.2) is 14.8 Å². The molecule has 24 heavy (non-hydrogen) atoms. The first-order valence-electron chi connectivity index (χ1n) is 7.52. The fourth-order valence-electron chi connectivity index (χ4n) is 2.80. The lowest BCUT2D eigenvalue weighted by Gasteiger charge is -2.05. The molecule has 5 heteroatoms. The Morgan fingerprint density at radius 2 is 1.75 bits per heavy atom. The van der Waals surface area contributed by atoms with E-state index in [0.29, 0.717) is 16.5 Å². The first-order chi connectivity index (χ1) is 11.6. The van der Waals surface area contributed by atoms with Gasteiger partial charge in [-0.2, -0.15) is 5.10 Å². The lowest BCUT2D eigenvalue weighted by atomic mass is 10.0. The molecule has 0 aliphatic heterocycles. The van der Waals surface area contributed by atoms with Crippen molar-refractivity contribution in [1.29, 1.82) is 0 Å². The normalized spacial score (nSPS) is 11.1. The maximum atomic E-state index is 13.3. The van der Waals surface area contributed by atoms with Gasteiger partial charge >= 0.3 is 0 Å². The Hall–Kier alpha value is -3.21. The molecule has 4 aromatic rings. The van der Waals surface area contributed by atoms with E-state index >= 15 is 0 Å². The van der Waals surface area contributed by atoms with Gasteiger partial charge in [0.2, 0.25) is 0 Å². The lowest BCUT2D eigenvalue weighted by molar-refractivity contribution is 0.629. The van der Waals surface area contributed by atoms with Crippen molar-refractivity contribution in [2.45, 2.75) is 0 Å². The van der Waals surface area contributed by atoms with Crippen molar-refractivity contribution in [3.8, 4) is 22.4 Å². The number of nitrogens with zero attached hydrogens (tertiary/aromatic N) is 2. The summed E-state index contributed by atoms with van der Waals surface area (Å²) in [6, 6.07) is 14.0. The Balaban J connectivity index is 1.77. The van der Waals surface area contributed by atoms with Crippen LogP contribution in [0.5, 0.6) is 0 Å². The number of aromatic amines is 1. The van der Waals surface area contributed by atoms with Gasteiger partial charge in [0.15, 0.2) is 0 Å². The zero-order valence-electron chi connectivity index (χ0n) is 13.0. The summed E-state index contributed by atoms with van der Waals surface area (Å²) in [5.74, 6) is -0.415. The molecule has 0 saturated carbocycles. The Kier molecular flexibility index (Phi) is 3.27. The zero-order valence-corrected chi connectivity index (χ0v) is 13.0. The van der Waals surface area contributed by atoms with Crippen molar-refractivity contribution in [2.24, 2.45) is 7.05 Å². The van der Waals surface area contributed by atoms with E-state index in [9.17, 15) is 9.18 Å². The fraction of sp³-hybridized carbons (Fsp3) is 0.0526. The number of halogens is 1. The zero-order chi connectivity index (χ0) is 16.7. The minimum absolute atomic E-state index is 0.293. The van der Waals surface area contributed by atoms with Crippen LogP contribution >= 0.6 is 0 Å². The molecule has 4 rings (SSSR count). The predicted molar refractivity (Wildman–Crippen MR) is 92.2 cm³/mol. The number of hydrogen-bond donors (Lipinski definition) is 1. The van der Waals surface area contributed by atoms with Crippen LogP contribution in [0.15, 0.2) is 65.7 Å². The molecule has 118 valence electrons. The highest BCUT2D eigenvalue weighted by Gasteiger charge is 2.06. The van der Waals surface area contributed by atoms with Crippen LogP contribution < -0.4 is 5.56 Å². The third-order valence-corrected chi connectivity index (χ3v) is 4.04. The molecule has 1 N–H and O–H groups in total. The minimum atomic E-state index is -0.415. The van der Waals surface area contributed by atoms with Gasteiger partial charge in [0.05, 0.1) is 6.20 Å². The molecule has 0 aliphatic carbocycles. The molecular formula is C19H14FN3O. The molecule has 2 aromatic heterocycles. The first kappa shape index (κ1) is 14.4. The van der Waals surface area contributed by atoms with Crippen LogP contribution in [0.1, 0.15) is 0 Å². The van der Waals surface area contributed by atoms with Crippen LogP contribution in [0.4, 0.5) is 4.39 Å². The third-order valence-electron chi connectivity index (χ3n) is 4.04. The molecule has 0 atom stereocenters. The number of aryl methyl sites for hydroxylation is 1. The Morgan fingerprint density at radius 3 is 2.46 bits per heavy atom. The van der Waals surface area contributed by atoms with E-state index in [4.69, 9.17) is 0 Å². The molecule has 0 amide bonds. The molecule has 0 radical (unpaired) electrons. The molecule has 0 bridgehead atoms. The number of rotatable bonds is 2. The van der Waals surface area contributed by atoms with E-state index in [-0.39, 0.29) is 5.56 Å². The topological polar surface area (TPSA) is 50.7 Å². The molecule has 0 fully saturated rings. The molecule has 0 aliphatic rings. The number of H-pyrrole nitrogens is 1. The standard InChI is InChI=1S/C19H14FN3O/c1-23-11-15(10-21-23)12-2-4-13(5-3-12)18-8-14-6-7-16(20)9-17(14)19(24)22-18/h2-11H,1H3,(H,22,24). The van der Waals surface area contributed by atoms with Gasteiger partial charge in [-0.15, -0.1) is 0 Å². The highest BCUT2D eigenvalue weighted by Crippen LogP contribution is 2.24. The van der Waals surface area contributed by atoms with Gasteiger partial charge in [-0.05, 0) is 34.7 Å². The molecular weight excluding hydrogens is 305 g/mol. The molecule has 2 heterocycles.